The minimum Gasteiger partial charge on any atom is -0.452 e. The van der Waals surface area contributed by atoms with Gasteiger partial charge in [-0.2, -0.15) is 0 Å². The second-order valence-electron chi connectivity index (χ2n) is 44.8. The lowest BCUT2D eigenvalue weighted by Crippen LogP contribution is -2.61. The highest BCUT2D eigenvalue weighted by Crippen LogP contribution is 2.54. The monoisotopic (exact) mass is 1590 g/mol. The minimum atomic E-state index is -0.343. The van der Waals surface area contributed by atoms with E-state index in [1.807, 2.05) is 0 Å². The van der Waals surface area contributed by atoms with E-state index in [-0.39, 0.29) is 55.4 Å². The predicted molar refractivity (Wildman–Crippen MR) is 523 cm³/mol. The van der Waals surface area contributed by atoms with E-state index < -0.39 is 0 Å². The third kappa shape index (κ3) is 13.0. The molecule has 19 rings (SSSR count). The van der Waals surface area contributed by atoms with E-state index in [4.69, 9.17) is 8.83 Å². The van der Waals surface area contributed by atoms with E-state index in [9.17, 15) is 0 Å². The zero-order chi connectivity index (χ0) is 85.8. The molecule has 6 heterocycles. The Morgan fingerprint density at radius 2 is 0.455 bits per heavy atom. The Morgan fingerprint density at radius 1 is 0.198 bits per heavy atom. The number of rotatable bonds is 6. The first kappa shape index (κ1) is 79.5. The summed E-state index contributed by atoms with van der Waals surface area (Å²) in [7, 11) is 0. The number of hydrogen-bond acceptors (Lipinski definition) is 4. The van der Waals surface area contributed by atoms with Gasteiger partial charge >= 0.3 is 0 Å². The molecular formula is C114H119BN4O2. The van der Waals surface area contributed by atoms with E-state index in [0.29, 0.717) is 0 Å². The lowest BCUT2D eigenvalue weighted by molar-refractivity contribution is 0.568. The van der Waals surface area contributed by atoms with Crippen LogP contribution in [0.5, 0.6) is 0 Å². The molecular weight excluding hydrogens is 1470 g/mol. The fraction of sp³-hybridized carbons (Fsp3) is 0.316. The first-order valence-electron chi connectivity index (χ1n) is 44.1. The van der Waals surface area contributed by atoms with Crippen LogP contribution in [0.1, 0.15) is 237 Å². The Balaban J connectivity index is 0.913. The maximum Gasteiger partial charge on any atom is 0.252 e. The zero-order valence-electron chi connectivity index (χ0n) is 76.6. The molecule has 0 N–H and O–H groups in total. The molecule has 6 nitrogen and oxygen atoms in total. The predicted octanol–water partition coefficient (Wildman–Crippen LogP) is 30.8. The Morgan fingerprint density at radius 3 is 0.727 bits per heavy atom. The van der Waals surface area contributed by atoms with Crippen LogP contribution >= 0.6 is 0 Å². The molecule has 2 aliphatic heterocycles. The topological polar surface area (TPSA) is 42.6 Å². The van der Waals surface area contributed by atoms with E-state index in [1.165, 1.54) is 99.1 Å². The molecule has 0 spiro atoms. The van der Waals surface area contributed by atoms with Gasteiger partial charge in [0.2, 0.25) is 0 Å². The van der Waals surface area contributed by atoms with Crippen molar-refractivity contribution in [1.82, 2.24) is 9.13 Å². The van der Waals surface area contributed by atoms with Crippen LogP contribution in [0.4, 0.5) is 34.1 Å². The van der Waals surface area contributed by atoms with Crippen LogP contribution in [0.15, 0.2) is 239 Å². The Labute approximate surface area is 717 Å². The summed E-state index contributed by atoms with van der Waals surface area (Å²) in [4.78, 5) is 5.24. The van der Waals surface area contributed by atoms with Crippen molar-refractivity contribution in [1.29, 1.82) is 0 Å². The average molecular weight is 1590 g/mol. The van der Waals surface area contributed by atoms with Gasteiger partial charge in [0.15, 0.2) is 22.3 Å². The molecule has 0 unspecified atom stereocenters. The smallest absolute Gasteiger partial charge is 0.252 e. The molecule has 4 aromatic heterocycles. The molecule has 0 amide bonds. The summed E-state index contributed by atoms with van der Waals surface area (Å²) < 4.78 is 20.9. The molecule has 13 aromatic carbocycles. The first-order chi connectivity index (χ1) is 56.7. The number of hydrogen-bond donors (Lipinski definition) is 0. The van der Waals surface area contributed by atoms with Crippen molar-refractivity contribution in [3.8, 4) is 33.6 Å². The van der Waals surface area contributed by atoms with Crippen LogP contribution in [0, 0.1) is 0 Å². The van der Waals surface area contributed by atoms with Crippen LogP contribution in [0.25, 0.3) is 121 Å². The van der Waals surface area contributed by atoms with Gasteiger partial charge in [-0.1, -0.05) is 320 Å². The zero-order valence-corrected chi connectivity index (χ0v) is 76.6. The fourth-order valence-electron chi connectivity index (χ4n) is 19.3. The van der Waals surface area contributed by atoms with Gasteiger partial charge in [0, 0.05) is 65.8 Å². The number of furan rings is 2. The number of benzene rings is 13. The minimum absolute atomic E-state index is 0.0515. The number of nitrogens with zero attached hydrogens (tertiary/aromatic N) is 4. The van der Waals surface area contributed by atoms with Crippen LogP contribution in [-0.4, -0.2) is 15.8 Å². The van der Waals surface area contributed by atoms with Crippen molar-refractivity contribution >= 4 is 145 Å². The number of anilines is 6. The molecule has 0 atom stereocenters. The van der Waals surface area contributed by atoms with E-state index in [0.717, 1.165) is 123 Å². The molecule has 0 fully saturated rings. The first-order valence-corrected chi connectivity index (χ1v) is 44.1. The second-order valence-corrected chi connectivity index (χ2v) is 44.8. The summed E-state index contributed by atoms with van der Waals surface area (Å²) in [5.41, 5.74) is 35.4. The second kappa shape index (κ2) is 26.6. The van der Waals surface area contributed by atoms with Crippen molar-refractivity contribution in [2.75, 3.05) is 9.80 Å². The average Bonchev–Trinajstić information content (AvgIpc) is 1.31. The van der Waals surface area contributed by atoms with Gasteiger partial charge in [-0.15, -0.1) is 0 Å². The molecule has 2 aliphatic rings. The van der Waals surface area contributed by atoms with Gasteiger partial charge in [-0.3, -0.25) is 0 Å². The largest absolute Gasteiger partial charge is 0.452 e. The molecule has 0 saturated carbocycles. The summed E-state index contributed by atoms with van der Waals surface area (Å²) in [5, 5.41) is 9.20. The SMILES string of the molecule is CC(C)(C)c1cc(-c2ccc3c(c2)N(c2cccc4c2oc2c(-n5c6ccc(C(C)(C)C)cc6c6cc(C(C)(C)C)ccc65)cccc24)c2cc(C(C)(C)C)cc4c2B3c2ccc(-c3cc(C(C)(C)C)cc(C(C)(C)C)c3)cc2N4c2cccc3c2oc2c(-n4c5ccc(C(C)(C)C)cc5c5cc(C(C)(C)C)ccc54)cccc23)cc(C(C)(C)C)c1. The maximum absolute atomic E-state index is 7.96. The summed E-state index contributed by atoms with van der Waals surface area (Å²) >= 11 is 0. The van der Waals surface area contributed by atoms with Crippen molar-refractivity contribution < 1.29 is 8.83 Å². The number of para-hydroxylation sites is 4. The van der Waals surface area contributed by atoms with Crippen LogP contribution in [0.3, 0.4) is 0 Å². The highest BCUT2D eigenvalue weighted by Gasteiger charge is 2.46. The number of fused-ring (bicyclic) bond motifs is 16. The Hall–Kier alpha value is -11.3. The molecule has 0 bridgehead atoms. The molecule has 0 aliphatic carbocycles. The van der Waals surface area contributed by atoms with Gasteiger partial charge in [-0.05, 0) is 235 Å². The molecule has 17 aromatic rings. The van der Waals surface area contributed by atoms with Crippen molar-refractivity contribution in [2.24, 2.45) is 0 Å². The van der Waals surface area contributed by atoms with Crippen LogP contribution in [-0.2, 0) is 48.7 Å². The van der Waals surface area contributed by atoms with Gasteiger partial charge in [0.1, 0.15) is 0 Å². The van der Waals surface area contributed by atoms with E-state index in [1.54, 1.807) is 0 Å². The highest BCUT2D eigenvalue weighted by atomic mass is 16.3. The molecule has 610 valence electrons. The van der Waals surface area contributed by atoms with Gasteiger partial charge < -0.3 is 27.8 Å². The van der Waals surface area contributed by atoms with E-state index in [2.05, 4.69) is 436 Å². The molecule has 0 saturated heterocycles. The van der Waals surface area contributed by atoms with Gasteiger partial charge in [0.25, 0.3) is 6.71 Å². The van der Waals surface area contributed by atoms with Crippen LogP contribution < -0.4 is 26.2 Å². The number of aromatic nitrogens is 2. The lowest BCUT2D eigenvalue weighted by Gasteiger charge is -2.45. The third-order valence-electron chi connectivity index (χ3n) is 26.9. The Kier molecular flexibility index (Phi) is 17.5. The molecule has 0 radical (unpaired) electrons. The van der Waals surface area contributed by atoms with Gasteiger partial charge in [-0.25, -0.2) is 0 Å². The molecule has 121 heavy (non-hydrogen) atoms. The summed E-state index contributed by atoms with van der Waals surface area (Å²) in [6.45, 7) is 63.0. The van der Waals surface area contributed by atoms with Gasteiger partial charge in [0.05, 0.1) is 44.8 Å². The van der Waals surface area contributed by atoms with Crippen molar-refractivity contribution in [2.45, 2.75) is 236 Å². The van der Waals surface area contributed by atoms with Crippen molar-refractivity contribution in [3.05, 3.63) is 281 Å². The quantitative estimate of drug-likeness (QED) is 0.156. The molecule has 7 heteroatoms. The lowest BCUT2D eigenvalue weighted by atomic mass is 9.33. The van der Waals surface area contributed by atoms with E-state index >= 15 is 0 Å². The highest BCUT2D eigenvalue weighted by molar-refractivity contribution is 7.00. The summed E-state index contributed by atoms with van der Waals surface area (Å²) in [6, 6.07) is 90.6. The third-order valence-corrected chi connectivity index (χ3v) is 26.9. The maximum atomic E-state index is 7.96. The standard InChI is InChI=1S/C114H119BN4O2/c1-106(2,3)70-42-48-89-83(60-70)84-61-71(107(4,5)6)43-49-90(84)116(89)93-36-28-32-79-81-34-30-38-95(104(81)120-102(79)93)118-97-56-66(68-52-74(110(13,14)15)58-75(53-68)111(16,17)18)40-46-87(97)115-88-47-41-67(69-54-76(112(19,20)21)59-77(55-69)113(22,23)24)57-98(88)119(100-65-78(114(25,26)27)64-99(118)101(100)115)96-39-31-35-82-80-33-29-37-94(103(80)121-105(82)96)117-91-50-44-72(108(7,8)9)62-85(91)86-63-73(109(10,11)12)45-51-92(86)117/h28-65H,1-27H3. The van der Waals surface area contributed by atoms with Crippen molar-refractivity contribution in [3.63, 3.8) is 0 Å². The summed E-state index contributed by atoms with van der Waals surface area (Å²) in [6.07, 6.45) is 0. The van der Waals surface area contributed by atoms with Crippen LogP contribution in [0.2, 0.25) is 0 Å². The summed E-state index contributed by atoms with van der Waals surface area (Å²) in [5.74, 6) is 0. The normalized spacial score (nSPS) is 14.0. The fourth-order valence-corrected chi connectivity index (χ4v) is 19.3. The Bertz CT molecular complexity index is 6590.